The first kappa shape index (κ1) is 30.7. The van der Waals surface area contributed by atoms with Crippen molar-refractivity contribution in [2.24, 2.45) is 5.73 Å². The standard InChI is InChI=1S/C28H36N4O7/c1-6-17-32(26(36)22(15-16-23(29)34)31-27(37)39-28(2,3)4)24(18-7-11-20(33)12-8-18)25(35)30-19-9-13-21(38-5)14-10-19/h6-14,22,24,33H,1,15-17H2,2-5H3,(H2,29,34)(H,30,35)(H,31,37). The Labute approximate surface area is 228 Å². The van der Waals surface area contributed by atoms with E-state index in [1.54, 1.807) is 45.0 Å². The molecule has 2 unspecified atom stereocenters. The van der Waals surface area contributed by atoms with Crippen molar-refractivity contribution in [1.82, 2.24) is 10.2 Å². The van der Waals surface area contributed by atoms with Crippen LogP contribution in [0, 0.1) is 0 Å². The van der Waals surface area contributed by atoms with E-state index < -0.39 is 41.5 Å². The third kappa shape index (κ3) is 9.69. The summed E-state index contributed by atoms with van der Waals surface area (Å²) in [5.74, 6) is -1.32. The van der Waals surface area contributed by atoms with Crippen molar-refractivity contribution < 1.29 is 33.8 Å². The van der Waals surface area contributed by atoms with Crippen LogP contribution in [0.1, 0.15) is 45.2 Å². The summed E-state index contributed by atoms with van der Waals surface area (Å²) in [5.41, 5.74) is 5.31. The second kappa shape index (κ2) is 13.8. The number of benzene rings is 2. The van der Waals surface area contributed by atoms with Crippen LogP contribution >= 0.6 is 0 Å². The molecule has 4 amide bonds. The van der Waals surface area contributed by atoms with E-state index in [4.69, 9.17) is 15.2 Å². The molecule has 5 N–H and O–H groups in total. The quantitative estimate of drug-likeness (QED) is 0.301. The fraction of sp³-hybridized carbons (Fsp3) is 0.357. The van der Waals surface area contributed by atoms with Crippen molar-refractivity contribution in [3.8, 4) is 11.5 Å². The number of nitrogens with one attached hydrogen (secondary N) is 2. The molecule has 2 atom stereocenters. The number of primary amides is 1. The Hall–Kier alpha value is -4.54. The van der Waals surface area contributed by atoms with Gasteiger partial charge in [-0.05, 0) is 69.2 Å². The van der Waals surface area contributed by atoms with E-state index >= 15 is 0 Å². The molecule has 0 aromatic heterocycles. The summed E-state index contributed by atoms with van der Waals surface area (Å²) in [6.45, 7) is 8.64. The zero-order valence-corrected chi connectivity index (χ0v) is 22.6. The van der Waals surface area contributed by atoms with Crippen LogP contribution in [-0.2, 0) is 19.1 Å². The zero-order valence-electron chi connectivity index (χ0n) is 22.6. The van der Waals surface area contributed by atoms with E-state index in [1.807, 2.05) is 0 Å². The van der Waals surface area contributed by atoms with Gasteiger partial charge in [0.1, 0.15) is 29.2 Å². The maximum Gasteiger partial charge on any atom is 0.408 e. The largest absolute Gasteiger partial charge is 0.508 e. The number of methoxy groups -OCH3 is 1. The van der Waals surface area contributed by atoms with E-state index in [1.165, 1.54) is 42.4 Å². The number of hydrogen-bond donors (Lipinski definition) is 4. The van der Waals surface area contributed by atoms with E-state index in [0.717, 1.165) is 0 Å². The van der Waals surface area contributed by atoms with Gasteiger partial charge in [-0.1, -0.05) is 18.2 Å². The summed E-state index contributed by atoms with van der Waals surface area (Å²) in [4.78, 5) is 52.8. The Morgan fingerprint density at radius 1 is 1.08 bits per heavy atom. The molecular formula is C28H36N4O7. The highest BCUT2D eigenvalue weighted by atomic mass is 16.6. The van der Waals surface area contributed by atoms with Crippen LogP contribution in [0.5, 0.6) is 11.5 Å². The molecule has 0 bridgehead atoms. The highest BCUT2D eigenvalue weighted by Gasteiger charge is 2.36. The lowest BCUT2D eigenvalue weighted by molar-refractivity contribution is -0.140. The third-order valence-electron chi connectivity index (χ3n) is 5.40. The van der Waals surface area contributed by atoms with E-state index in [-0.39, 0.29) is 25.1 Å². The minimum absolute atomic E-state index is 0.0272. The van der Waals surface area contributed by atoms with Gasteiger partial charge in [0.2, 0.25) is 11.8 Å². The number of phenolic OH excluding ortho intramolecular Hbond substituents is 1. The maximum atomic E-state index is 13.9. The number of anilines is 1. The number of rotatable bonds is 12. The molecular weight excluding hydrogens is 504 g/mol. The molecule has 0 radical (unpaired) electrons. The summed E-state index contributed by atoms with van der Waals surface area (Å²) >= 11 is 0. The Bertz CT molecular complexity index is 1160. The van der Waals surface area contributed by atoms with Gasteiger partial charge >= 0.3 is 6.09 Å². The number of ether oxygens (including phenoxy) is 2. The summed E-state index contributed by atoms with van der Waals surface area (Å²) < 4.78 is 10.4. The third-order valence-corrected chi connectivity index (χ3v) is 5.40. The van der Waals surface area contributed by atoms with Crippen molar-refractivity contribution in [2.45, 2.75) is 51.3 Å². The smallest absolute Gasteiger partial charge is 0.408 e. The van der Waals surface area contributed by atoms with Gasteiger partial charge in [0, 0.05) is 18.7 Å². The number of aromatic hydroxyl groups is 1. The van der Waals surface area contributed by atoms with Gasteiger partial charge in [-0.15, -0.1) is 6.58 Å². The predicted octanol–water partition coefficient (Wildman–Crippen LogP) is 3.25. The molecule has 0 fully saturated rings. The summed E-state index contributed by atoms with van der Waals surface area (Å²) in [5, 5.41) is 15.1. The van der Waals surface area contributed by atoms with Crippen molar-refractivity contribution >= 4 is 29.5 Å². The van der Waals surface area contributed by atoms with Crippen LogP contribution in [0.15, 0.2) is 61.2 Å². The average molecular weight is 541 g/mol. The van der Waals surface area contributed by atoms with Crippen LogP contribution in [0.4, 0.5) is 10.5 Å². The second-order valence-corrected chi connectivity index (χ2v) is 9.69. The van der Waals surface area contributed by atoms with Crippen LogP contribution in [-0.4, -0.2) is 59.1 Å². The number of carbonyl (C=O) groups excluding carboxylic acids is 4. The van der Waals surface area contributed by atoms with Gasteiger partial charge in [0.25, 0.3) is 5.91 Å². The van der Waals surface area contributed by atoms with Gasteiger partial charge in [-0.3, -0.25) is 14.4 Å². The zero-order chi connectivity index (χ0) is 29.2. The highest BCUT2D eigenvalue weighted by Crippen LogP contribution is 2.27. The second-order valence-electron chi connectivity index (χ2n) is 9.69. The predicted molar refractivity (Wildman–Crippen MR) is 146 cm³/mol. The first-order valence-electron chi connectivity index (χ1n) is 12.3. The van der Waals surface area contributed by atoms with Crippen LogP contribution in [0.2, 0.25) is 0 Å². The van der Waals surface area contributed by atoms with Crippen LogP contribution in [0.25, 0.3) is 0 Å². The Morgan fingerprint density at radius 2 is 1.69 bits per heavy atom. The van der Waals surface area contributed by atoms with Gasteiger partial charge in [0.15, 0.2) is 0 Å². The highest BCUT2D eigenvalue weighted by molar-refractivity contribution is 5.99. The number of nitrogens with two attached hydrogens (primary N) is 1. The lowest BCUT2D eigenvalue weighted by Gasteiger charge is -2.33. The molecule has 0 saturated carbocycles. The van der Waals surface area contributed by atoms with Gasteiger partial charge in [-0.25, -0.2) is 4.79 Å². The van der Waals surface area contributed by atoms with Gasteiger partial charge < -0.3 is 35.8 Å². The number of carbonyl (C=O) groups is 4. The number of amides is 4. The summed E-state index contributed by atoms with van der Waals surface area (Å²) in [6, 6.07) is 9.99. The average Bonchev–Trinajstić information content (AvgIpc) is 2.86. The molecule has 0 aliphatic heterocycles. The molecule has 11 heteroatoms. The molecule has 39 heavy (non-hydrogen) atoms. The van der Waals surface area contributed by atoms with E-state index in [9.17, 15) is 24.3 Å². The molecule has 0 spiro atoms. The summed E-state index contributed by atoms with van der Waals surface area (Å²) in [7, 11) is 1.52. The molecule has 0 aliphatic carbocycles. The fourth-order valence-corrected chi connectivity index (χ4v) is 3.67. The Kier molecular flexibility index (Phi) is 10.9. The molecule has 0 heterocycles. The monoisotopic (exact) mass is 540 g/mol. The van der Waals surface area contributed by atoms with Crippen LogP contribution < -0.4 is 21.1 Å². The molecule has 210 valence electrons. The topological polar surface area (TPSA) is 160 Å². The number of nitrogens with zero attached hydrogens (tertiary/aromatic N) is 1. The minimum atomic E-state index is -1.24. The lowest BCUT2D eigenvalue weighted by atomic mass is 10.0. The lowest BCUT2D eigenvalue weighted by Crippen LogP contribution is -2.52. The first-order chi connectivity index (χ1) is 18.3. The summed E-state index contributed by atoms with van der Waals surface area (Å²) in [6.07, 6.45) is 0.247. The number of phenols is 1. The van der Waals surface area contributed by atoms with E-state index in [2.05, 4.69) is 17.2 Å². The Balaban J connectivity index is 2.48. The molecule has 2 aromatic carbocycles. The van der Waals surface area contributed by atoms with Crippen molar-refractivity contribution in [2.75, 3.05) is 19.0 Å². The molecule has 0 aliphatic rings. The van der Waals surface area contributed by atoms with Crippen molar-refractivity contribution in [3.63, 3.8) is 0 Å². The molecule has 2 aromatic rings. The van der Waals surface area contributed by atoms with E-state index in [0.29, 0.717) is 17.0 Å². The SMILES string of the molecule is C=CCN(C(=O)C(CCC(N)=O)NC(=O)OC(C)(C)C)C(C(=O)Nc1ccc(OC)cc1)c1ccc(O)cc1. The van der Waals surface area contributed by atoms with Crippen molar-refractivity contribution in [1.29, 1.82) is 0 Å². The normalized spacial score (nSPS) is 12.4. The minimum Gasteiger partial charge on any atom is -0.508 e. The van der Waals surface area contributed by atoms with Crippen LogP contribution in [0.3, 0.4) is 0 Å². The molecule has 0 saturated heterocycles. The number of hydrogen-bond acceptors (Lipinski definition) is 7. The van der Waals surface area contributed by atoms with Gasteiger partial charge in [0.05, 0.1) is 7.11 Å². The maximum absolute atomic E-state index is 13.9. The fourth-order valence-electron chi connectivity index (χ4n) is 3.67. The van der Waals surface area contributed by atoms with Gasteiger partial charge in [-0.2, -0.15) is 0 Å². The first-order valence-corrected chi connectivity index (χ1v) is 12.3. The molecule has 11 nitrogen and oxygen atoms in total. The number of alkyl carbamates (subject to hydrolysis) is 1. The van der Waals surface area contributed by atoms with Crippen molar-refractivity contribution in [3.05, 3.63) is 66.7 Å². The Morgan fingerprint density at radius 3 is 2.21 bits per heavy atom. The molecule has 2 rings (SSSR count).